The molecule has 1 aliphatic rings. The second-order valence-electron chi connectivity index (χ2n) is 8.94. The highest BCUT2D eigenvalue weighted by Gasteiger charge is 2.36. The fourth-order valence-electron chi connectivity index (χ4n) is 4.07. The molecule has 1 aliphatic heterocycles. The van der Waals surface area contributed by atoms with Crippen LogP contribution in [0.1, 0.15) is 18.6 Å². The van der Waals surface area contributed by atoms with E-state index in [9.17, 15) is 23.3 Å². The zero-order chi connectivity index (χ0) is 28.9. The number of dihydropyridines is 1. The Morgan fingerprint density at radius 3 is 2.42 bits per heavy atom. The summed E-state index contributed by atoms with van der Waals surface area (Å²) in [7, 11) is -0.808. The van der Waals surface area contributed by atoms with E-state index in [0.29, 0.717) is 33.4 Å². The maximum Gasteiger partial charge on any atom is 0.254 e. The first-order valence-corrected chi connectivity index (χ1v) is 14.5. The van der Waals surface area contributed by atoms with Crippen LogP contribution in [0.15, 0.2) is 104 Å². The van der Waals surface area contributed by atoms with Crippen molar-refractivity contribution >= 4 is 45.0 Å². The molecule has 3 N–H and O–H groups in total. The third-order valence-corrected chi connectivity index (χ3v) is 8.82. The van der Waals surface area contributed by atoms with Crippen LogP contribution in [0.2, 0.25) is 0 Å². The van der Waals surface area contributed by atoms with Crippen molar-refractivity contribution in [3.63, 3.8) is 0 Å². The lowest BCUT2D eigenvalue weighted by molar-refractivity contribution is -0.114. The van der Waals surface area contributed by atoms with E-state index in [1.54, 1.807) is 55.5 Å². The van der Waals surface area contributed by atoms with E-state index in [1.807, 2.05) is 6.07 Å². The Labute approximate surface area is 236 Å². The van der Waals surface area contributed by atoms with Crippen molar-refractivity contribution in [2.75, 3.05) is 30.5 Å². The number of nitrogens with one attached hydrogen (secondary N) is 3. The number of hydrogen-bond donors (Lipinski definition) is 3. The molecule has 3 aromatic rings. The Hall–Kier alpha value is -4.31. The molecule has 0 saturated heterocycles. The molecule has 0 bridgehead atoms. The molecular formula is C28H27N5O5S2. The van der Waals surface area contributed by atoms with Gasteiger partial charge in [-0.3, -0.25) is 9.59 Å². The molecule has 1 aromatic heterocycles. The fourth-order valence-corrected chi connectivity index (χ4v) is 5.91. The molecule has 0 fully saturated rings. The van der Waals surface area contributed by atoms with E-state index in [4.69, 9.17) is 4.42 Å². The second kappa shape index (κ2) is 12.3. The zero-order valence-electron chi connectivity index (χ0n) is 22.0. The maximum absolute atomic E-state index is 13.4. The average Bonchev–Trinajstić information content (AvgIpc) is 3.47. The molecule has 10 nitrogen and oxygen atoms in total. The van der Waals surface area contributed by atoms with E-state index in [-0.39, 0.29) is 22.1 Å². The Morgan fingerprint density at radius 1 is 1.05 bits per heavy atom. The summed E-state index contributed by atoms with van der Waals surface area (Å²) in [6.07, 6.45) is 1.47. The SMILES string of the molecule is CC1=C(C(=O)Nc2ccccc2)[C@@H](c2ccco2)C(C#N)=C(SCC(=O)Nc2cccc(S(=O)(=O)N(C)C)c2)N1. The van der Waals surface area contributed by atoms with Gasteiger partial charge in [0.25, 0.3) is 5.91 Å². The van der Waals surface area contributed by atoms with Crippen LogP contribution in [0, 0.1) is 11.3 Å². The first kappa shape index (κ1) is 28.7. The smallest absolute Gasteiger partial charge is 0.254 e. The lowest BCUT2D eigenvalue weighted by atomic mass is 9.85. The number of carbonyl (C=O) groups excluding carboxylic acids is 2. The van der Waals surface area contributed by atoms with Crippen LogP contribution in [0.3, 0.4) is 0 Å². The molecule has 40 heavy (non-hydrogen) atoms. The summed E-state index contributed by atoms with van der Waals surface area (Å²) in [6.45, 7) is 1.72. The molecule has 2 amide bonds. The van der Waals surface area contributed by atoms with E-state index >= 15 is 0 Å². The molecule has 206 valence electrons. The molecule has 0 spiro atoms. The van der Waals surface area contributed by atoms with Crippen LogP contribution in [-0.4, -0.2) is 44.4 Å². The minimum Gasteiger partial charge on any atom is -0.468 e. The number of thioether (sulfide) groups is 1. The number of benzene rings is 2. The summed E-state index contributed by atoms with van der Waals surface area (Å²) < 4.78 is 31.6. The van der Waals surface area contributed by atoms with Gasteiger partial charge in [-0.2, -0.15) is 5.26 Å². The normalized spacial score (nSPS) is 15.4. The minimum atomic E-state index is -3.66. The number of amides is 2. The van der Waals surface area contributed by atoms with Gasteiger partial charge in [-0.05, 0) is 49.4 Å². The average molecular weight is 578 g/mol. The van der Waals surface area contributed by atoms with Crippen molar-refractivity contribution in [3.05, 3.63) is 101 Å². The Balaban J connectivity index is 1.55. The molecule has 0 saturated carbocycles. The van der Waals surface area contributed by atoms with Gasteiger partial charge in [0.15, 0.2) is 0 Å². The third kappa shape index (κ3) is 6.28. The molecule has 4 rings (SSSR count). The lowest BCUT2D eigenvalue weighted by Crippen LogP contribution is -2.31. The Morgan fingerprint density at radius 2 is 1.77 bits per heavy atom. The van der Waals surface area contributed by atoms with E-state index < -0.39 is 21.8 Å². The van der Waals surface area contributed by atoms with Crippen molar-refractivity contribution in [1.82, 2.24) is 9.62 Å². The van der Waals surface area contributed by atoms with E-state index in [0.717, 1.165) is 16.1 Å². The van der Waals surface area contributed by atoms with Crippen molar-refractivity contribution in [2.24, 2.45) is 0 Å². The van der Waals surface area contributed by atoms with Crippen LogP contribution in [0.25, 0.3) is 0 Å². The molecular weight excluding hydrogens is 550 g/mol. The minimum absolute atomic E-state index is 0.0507. The lowest BCUT2D eigenvalue weighted by Gasteiger charge is -2.28. The zero-order valence-corrected chi connectivity index (χ0v) is 23.6. The maximum atomic E-state index is 13.4. The molecule has 0 aliphatic carbocycles. The highest BCUT2D eigenvalue weighted by atomic mass is 32.2. The van der Waals surface area contributed by atoms with Gasteiger partial charge in [0.05, 0.1) is 45.1 Å². The summed E-state index contributed by atoms with van der Waals surface area (Å²) in [5.74, 6) is -1.25. The summed E-state index contributed by atoms with van der Waals surface area (Å²) in [4.78, 5) is 26.2. The Bertz CT molecular complexity index is 1620. The predicted molar refractivity (Wildman–Crippen MR) is 153 cm³/mol. The number of nitriles is 1. The standard InChI is InChI=1S/C28H27N5O5S2/c1-18-25(27(35)32-19-9-5-4-6-10-19)26(23-13-8-14-38-23)22(16-29)28(30-18)39-17-24(34)31-20-11-7-12-21(15-20)40(36,37)33(2)3/h4-15,26,30H,17H2,1-3H3,(H,31,34)(H,32,35)/t26-/m1/s1. The van der Waals surface area contributed by atoms with Gasteiger partial charge in [0, 0.05) is 31.2 Å². The molecule has 1 atom stereocenters. The Kier molecular flexibility index (Phi) is 8.79. The van der Waals surface area contributed by atoms with Gasteiger partial charge in [-0.15, -0.1) is 0 Å². The summed E-state index contributed by atoms with van der Waals surface area (Å²) in [6, 6.07) is 20.5. The number of allylic oxidation sites excluding steroid dienone is 2. The predicted octanol–water partition coefficient (Wildman–Crippen LogP) is 4.24. The molecule has 2 aromatic carbocycles. The van der Waals surface area contributed by atoms with Crippen LogP contribution >= 0.6 is 11.8 Å². The number of carbonyl (C=O) groups is 2. The molecule has 12 heteroatoms. The first-order valence-electron chi connectivity index (χ1n) is 12.1. The highest BCUT2D eigenvalue weighted by molar-refractivity contribution is 8.03. The fraction of sp³-hybridized carbons (Fsp3) is 0.179. The van der Waals surface area contributed by atoms with Crippen molar-refractivity contribution in [1.29, 1.82) is 5.26 Å². The second-order valence-corrected chi connectivity index (χ2v) is 12.1. The van der Waals surface area contributed by atoms with Gasteiger partial charge in [-0.1, -0.05) is 36.0 Å². The van der Waals surface area contributed by atoms with Crippen molar-refractivity contribution < 1.29 is 22.4 Å². The van der Waals surface area contributed by atoms with Crippen LogP contribution in [-0.2, 0) is 19.6 Å². The summed E-state index contributed by atoms with van der Waals surface area (Å²) in [5, 5.41) is 19.2. The quantitative estimate of drug-likeness (QED) is 0.343. The van der Waals surface area contributed by atoms with Crippen LogP contribution in [0.5, 0.6) is 0 Å². The van der Waals surface area contributed by atoms with Gasteiger partial charge in [0.1, 0.15) is 5.76 Å². The monoisotopic (exact) mass is 577 g/mol. The van der Waals surface area contributed by atoms with Gasteiger partial charge in [-0.25, -0.2) is 12.7 Å². The number of rotatable bonds is 9. The number of para-hydroxylation sites is 1. The number of sulfonamides is 1. The van der Waals surface area contributed by atoms with Gasteiger partial charge in [0.2, 0.25) is 15.9 Å². The molecule has 0 unspecified atom stereocenters. The van der Waals surface area contributed by atoms with Crippen LogP contribution in [0.4, 0.5) is 11.4 Å². The first-order chi connectivity index (χ1) is 19.1. The largest absolute Gasteiger partial charge is 0.468 e. The summed E-state index contributed by atoms with van der Waals surface area (Å²) >= 11 is 1.09. The molecule has 0 radical (unpaired) electrons. The van der Waals surface area contributed by atoms with Gasteiger partial charge >= 0.3 is 0 Å². The number of hydrogen-bond acceptors (Lipinski definition) is 8. The van der Waals surface area contributed by atoms with E-state index in [1.165, 1.54) is 32.5 Å². The highest BCUT2D eigenvalue weighted by Crippen LogP contribution is 2.41. The number of nitrogens with zero attached hydrogens (tertiary/aromatic N) is 2. The van der Waals surface area contributed by atoms with E-state index in [2.05, 4.69) is 22.0 Å². The van der Waals surface area contributed by atoms with Gasteiger partial charge < -0.3 is 20.4 Å². The molecule has 2 heterocycles. The van der Waals surface area contributed by atoms with Crippen molar-refractivity contribution in [2.45, 2.75) is 17.7 Å². The number of anilines is 2. The van der Waals surface area contributed by atoms with Crippen molar-refractivity contribution in [3.8, 4) is 6.07 Å². The topological polar surface area (TPSA) is 145 Å². The third-order valence-electron chi connectivity index (χ3n) is 6.00. The number of furan rings is 1. The van der Waals surface area contributed by atoms with Crippen LogP contribution < -0.4 is 16.0 Å². The summed E-state index contributed by atoms with van der Waals surface area (Å²) in [5.41, 5.74) is 1.99.